The number of aliphatic imine (C=N–C) groups is 1. The summed E-state index contributed by atoms with van der Waals surface area (Å²) in [4.78, 5) is 4.30. The Morgan fingerprint density at radius 2 is 2.17 bits per heavy atom. The summed E-state index contributed by atoms with van der Waals surface area (Å²) >= 11 is 0. The molecule has 1 aromatic carbocycles. The van der Waals surface area contributed by atoms with Gasteiger partial charge in [0.15, 0.2) is 5.96 Å². The second kappa shape index (κ2) is 11.5. The van der Waals surface area contributed by atoms with E-state index in [4.69, 9.17) is 4.74 Å². The van der Waals surface area contributed by atoms with Gasteiger partial charge in [0, 0.05) is 20.1 Å². The average Bonchev–Trinajstić information content (AvgIpc) is 2.58. The van der Waals surface area contributed by atoms with Crippen LogP contribution in [-0.4, -0.2) is 39.3 Å². The van der Waals surface area contributed by atoms with Crippen molar-refractivity contribution < 1.29 is 4.74 Å². The molecule has 1 aliphatic heterocycles. The van der Waals surface area contributed by atoms with Crippen molar-refractivity contribution in [3.8, 4) is 0 Å². The molecule has 0 amide bonds. The van der Waals surface area contributed by atoms with Crippen molar-refractivity contribution in [3.63, 3.8) is 0 Å². The Balaban J connectivity index is 0.00000288. The number of benzene rings is 1. The van der Waals surface area contributed by atoms with E-state index >= 15 is 0 Å². The van der Waals surface area contributed by atoms with E-state index in [1.165, 1.54) is 16.7 Å². The molecule has 2 rings (SSSR count). The standard InChI is InChI=1S/C19H29N3O.HI/c1-15-5-4-6-18(13-15)16(2)14-22-19(20-3)21-10-7-17-8-11-23-12-9-17;/h4-6,8,13,16H,7,9-12,14H2,1-3H3,(H2,20,21,22);1H. The van der Waals surface area contributed by atoms with Gasteiger partial charge in [0.05, 0.1) is 13.2 Å². The Morgan fingerprint density at radius 3 is 2.83 bits per heavy atom. The molecule has 1 atom stereocenters. The lowest BCUT2D eigenvalue weighted by molar-refractivity contribution is 0.153. The monoisotopic (exact) mass is 443 g/mol. The van der Waals surface area contributed by atoms with Gasteiger partial charge in [0.2, 0.25) is 0 Å². The molecule has 24 heavy (non-hydrogen) atoms. The zero-order valence-corrected chi connectivity index (χ0v) is 17.3. The third-order valence-corrected chi connectivity index (χ3v) is 4.21. The van der Waals surface area contributed by atoms with Gasteiger partial charge in [-0.1, -0.05) is 48.4 Å². The van der Waals surface area contributed by atoms with Crippen LogP contribution in [0.15, 0.2) is 40.9 Å². The van der Waals surface area contributed by atoms with Gasteiger partial charge in [-0.3, -0.25) is 4.99 Å². The molecule has 1 aromatic rings. The van der Waals surface area contributed by atoms with Crippen molar-refractivity contribution in [3.05, 3.63) is 47.0 Å². The molecule has 1 heterocycles. The zero-order valence-electron chi connectivity index (χ0n) is 15.0. The lowest BCUT2D eigenvalue weighted by Gasteiger charge is -2.18. The number of rotatable bonds is 6. The van der Waals surface area contributed by atoms with E-state index in [2.05, 4.69) is 59.8 Å². The summed E-state index contributed by atoms with van der Waals surface area (Å²) in [5.41, 5.74) is 4.15. The highest BCUT2D eigenvalue weighted by atomic mass is 127. The predicted octanol–water partition coefficient (Wildman–Crippen LogP) is 3.62. The third kappa shape index (κ3) is 7.21. The number of halogens is 1. The molecule has 134 valence electrons. The van der Waals surface area contributed by atoms with Crippen LogP contribution in [0.4, 0.5) is 0 Å². The Morgan fingerprint density at radius 1 is 1.33 bits per heavy atom. The van der Waals surface area contributed by atoms with Crippen molar-refractivity contribution in [2.45, 2.75) is 32.6 Å². The molecule has 2 N–H and O–H groups in total. The van der Waals surface area contributed by atoms with E-state index in [0.29, 0.717) is 5.92 Å². The van der Waals surface area contributed by atoms with Crippen molar-refractivity contribution in [2.24, 2.45) is 4.99 Å². The summed E-state index contributed by atoms with van der Waals surface area (Å²) in [6.45, 7) is 7.77. The number of aryl methyl sites for hydroxylation is 1. The summed E-state index contributed by atoms with van der Waals surface area (Å²) in [6, 6.07) is 8.69. The van der Waals surface area contributed by atoms with E-state index in [9.17, 15) is 0 Å². The summed E-state index contributed by atoms with van der Waals surface area (Å²) in [5.74, 6) is 1.32. The van der Waals surface area contributed by atoms with Gasteiger partial charge in [0.25, 0.3) is 0 Å². The molecule has 0 aliphatic carbocycles. The van der Waals surface area contributed by atoms with Gasteiger partial charge in [-0.2, -0.15) is 0 Å². The van der Waals surface area contributed by atoms with Crippen molar-refractivity contribution in [2.75, 3.05) is 33.4 Å². The fraction of sp³-hybridized carbons (Fsp3) is 0.526. The van der Waals surface area contributed by atoms with Crippen LogP contribution in [-0.2, 0) is 4.74 Å². The molecule has 5 heteroatoms. The lowest BCUT2D eigenvalue weighted by Crippen LogP contribution is -2.39. The maximum Gasteiger partial charge on any atom is 0.191 e. The Bertz CT molecular complexity index is 557. The van der Waals surface area contributed by atoms with E-state index in [1.54, 1.807) is 0 Å². The maximum absolute atomic E-state index is 5.33. The molecule has 0 radical (unpaired) electrons. The quantitative estimate of drug-likeness (QED) is 0.306. The van der Waals surface area contributed by atoms with Crippen molar-refractivity contribution in [1.82, 2.24) is 10.6 Å². The van der Waals surface area contributed by atoms with Crippen LogP contribution in [0, 0.1) is 6.92 Å². The van der Waals surface area contributed by atoms with Crippen LogP contribution in [0.1, 0.15) is 36.8 Å². The van der Waals surface area contributed by atoms with Gasteiger partial charge in [-0.25, -0.2) is 0 Å². The van der Waals surface area contributed by atoms with Crippen LogP contribution >= 0.6 is 24.0 Å². The highest BCUT2D eigenvalue weighted by Gasteiger charge is 2.07. The summed E-state index contributed by atoms with van der Waals surface area (Å²) in [6.07, 6.45) is 4.30. The van der Waals surface area contributed by atoms with E-state index in [1.807, 2.05) is 7.05 Å². The normalized spacial score (nSPS) is 16.0. The van der Waals surface area contributed by atoms with Gasteiger partial charge in [-0.15, -0.1) is 24.0 Å². The topological polar surface area (TPSA) is 45.7 Å². The molecular formula is C19H30IN3O. The molecule has 4 nitrogen and oxygen atoms in total. The first kappa shape index (κ1) is 21.0. The number of ether oxygens (including phenoxy) is 1. The van der Waals surface area contributed by atoms with Crippen LogP contribution < -0.4 is 10.6 Å². The van der Waals surface area contributed by atoms with Crippen LogP contribution in [0.2, 0.25) is 0 Å². The Kier molecular flexibility index (Phi) is 10.0. The first-order chi connectivity index (χ1) is 11.2. The molecule has 1 aliphatic rings. The first-order valence-electron chi connectivity index (χ1n) is 8.45. The minimum absolute atomic E-state index is 0. The summed E-state index contributed by atoms with van der Waals surface area (Å²) < 4.78 is 5.33. The molecule has 0 spiro atoms. The summed E-state index contributed by atoms with van der Waals surface area (Å²) in [7, 11) is 1.82. The van der Waals surface area contributed by atoms with Gasteiger partial charge in [-0.05, 0) is 31.2 Å². The van der Waals surface area contributed by atoms with Crippen molar-refractivity contribution >= 4 is 29.9 Å². The number of hydrogen-bond donors (Lipinski definition) is 2. The smallest absolute Gasteiger partial charge is 0.191 e. The molecule has 0 bridgehead atoms. The molecule has 0 aromatic heterocycles. The maximum atomic E-state index is 5.33. The van der Waals surface area contributed by atoms with Crippen molar-refractivity contribution in [1.29, 1.82) is 0 Å². The lowest BCUT2D eigenvalue weighted by atomic mass is 9.99. The second-order valence-electron chi connectivity index (χ2n) is 6.13. The molecule has 0 fully saturated rings. The zero-order chi connectivity index (χ0) is 16.5. The van der Waals surface area contributed by atoms with Gasteiger partial charge < -0.3 is 15.4 Å². The summed E-state index contributed by atoms with van der Waals surface area (Å²) in [5, 5.41) is 6.81. The van der Waals surface area contributed by atoms with Crippen LogP contribution in [0.5, 0.6) is 0 Å². The highest BCUT2D eigenvalue weighted by molar-refractivity contribution is 14.0. The second-order valence-corrected chi connectivity index (χ2v) is 6.13. The Labute approximate surface area is 163 Å². The fourth-order valence-electron chi connectivity index (χ4n) is 2.70. The molecule has 0 saturated carbocycles. The van der Waals surface area contributed by atoms with Crippen LogP contribution in [0.25, 0.3) is 0 Å². The molecule has 0 saturated heterocycles. The molecule has 1 unspecified atom stereocenters. The van der Waals surface area contributed by atoms with E-state index in [-0.39, 0.29) is 24.0 Å². The highest BCUT2D eigenvalue weighted by Crippen LogP contribution is 2.15. The minimum atomic E-state index is 0. The fourth-order valence-corrected chi connectivity index (χ4v) is 2.70. The number of nitrogens with zero attached hydrogens (tertiary/aromatic N) is 1. The van der Waals surface area contributed by atoms with Gasteiger partial charge in [0.1, 0.15) is 0 Å². The van der Waals surface area contributed by atoms with Crippen LogP contribution in [0.3, 0.4) is 0 Å². The van der Waals surface area contributed by atoms with E-state index in [0.717, 1.165) is 45.1 Å². The van der Waals surface area contributed by atoms with E-state index < -0.39 is 0 Å². The average molecular weight is 443 g/mol. The molecular weight excluding hydrogens is 413 g/mol. The SMILES string of the molecule is CN=C(NCCC1=CCOCC1)NCC(C)c1cccc(C)c1.I. The Hall–Kier alpha value is -1.08. The third-order valence-electron chi connectivity index (χ3n) is 4.21. The first-order valence-corrected chi connectivity index (χ1v) is 8.45. The largest absolute Gasteiger partial charge is 0.377 e. The predicted molar refractivity (Wildman–Crippen MR) is 113 cm³/mol. The van der Waals surface area contributed by atoms with Gasteiger partial charge >= 0.3 is 0 Å². The minimum Gasteiger partial charge on any atom is -0.377 e. The number of guanidine groups is 1. The number of hydrogen-bond acceptors (Lipinski definition) is 2. The number of nitrogens with one attached hydrogen (secondary N) is 2.